The Morgan fingerprint density at radius 2 is 2.14 bits per heavy atom. The van der Waals surface area contributed by atoms with Gasteiger partial charge in [0.25, 0.3) is 5.91 Å². The number of aryl methyl sites for hydroxylation is 1. The number of fused-ring (bicyclic) bond motifs is 1. The van der Waals surface area contributed by atoms with Crippen molar-refractivity contribution in [3.8, 4) is 0 Å². The molecule has 2 aromatic heterocycles. The van der Waals surface area contributed by atoms with Crippen LogP contribution in [-0.2, 0) is 11.3 Å². The van der Waals surface area contributed by atoms with Crippen LogP contribution < -0.4 is 5.32 Å². The Labute approximate surface area is 162 Å². The monoisotopic (exact) mass is 380 g/mol. The van der Waals surface area contributed by atoms with E-state index in [2.05, 4.69) is 25.1 Å². The van der Waals surface area contributed by atoms with Gasteiger partial charge < -0.3 is 14.8 Å². The fraction of sp³-hybridized carbons (Fsp3) is 0.400. The number of carbonyl (C=O) groups excluding carboxylic acids is 2. The van der Waals surface area contributed by atoms with E-state index >= 15 is 0 Å². The lowest BCUT2D eigenvalue weighted by molar-refractivity contribution is -0.133. The number of piperidine rings is 1. The van der Waals surface area contributed by atoms with Gasteiger partial charge in [0, 0.05) is 26.1 Å². The van der Waals surface area contributed by atoms with Crippen LogP contribution in [-0.4, -0.2) is 56.1 Å². The molecule has 4 rings (SSSR count). The van der Waals surface area contributed by atoms with Gasteiger partial charge in [-0.05, 0) is 38.0 Å². The first-order chi connectivity index (χ1) is 13.6. The number of H-pyrrole nitrogens is 1. The summed E-state index contributed by atoms with van der Waals surface area (Å²) in [7, 11) is 0. The van der Waals surface area contributed by atoms with Crippen LogP contribution >= 0.6 is 0 Å². The van der Waals surface area contributed by atoms with Gasteiger partial charge in [-0.25, -0.2) is 4.98 Å². The molecule has 1 aliphatic rings. The van der Waals surface area contributed by atoms with Gasteiger partial charge in [-0.3, -0.25) is 14.7 Å². The molecule has 2 N–H and O–H groups in total. The molecule has 3 aromatic rings. The van der Waals surface area contributed by atoms with Crippen LogP contribution in [0.2, 0.25) is 0 Å². The summed E-state index contributed by atoms with van der Waals surface area (Å²) in [5.41, 5.74) is 3.18. The molecule has 1 fully saturated rings. The Bertz CT molecular complexity index is 1010. The summed E-state index contributed by atoms with van der Waals surface area (Å²) in [5, 5.41) is 9.92. The van der Waals surface area contributed by atoms with Crippen molar-refractivity contribution in [1.29, 1.82) is 0 Å². The van der Waals surface area contributed by atoms with E-state index in [0.717, 1.165) is 41.9 Å². The molecule has 1 saturated heterocycles. The smallest absolute Gasteiger partial charge is 0.271 e. The number of benzene rings is 1. The first-order valence-corrected chi connectivity index (χ1v) is 9.64. The molecule has 0 saturated carbocycles. The summed E-state index contributed by atoms with van der Waals surface area (Å²) in [6, 6.07) is 9.72. The third-order valence-corrected chi connectivity index (χ3v) is 5.13. The van der Waals surface area contributed by atoms with Crippen molar-refractivity contribution in [1.82, 2.24) is 30.0 Å². The van der Waals surface area contributed by atoms with E-state index in [1.54, 1.807) is 6.07 Å². The maximum absolute atomic E-state index is 12.3. The molecule has 0 unspecified atom stereocenters. The summed E-state index contributed by atoms with van der Waals surface area (Å²) < 4.78 is 2.09. The van der Waals surface area contributed by atoms with E-state index in [1.165, 1.54) is 0 Å². The van der Waals surface area contributed by atoms with Gasteiger partial charge in [-0.2, -0.15) is 5.10 Å². The third kappa shape index (κ3) is 3.76. The Morgan fingerprint density at radius 1 is 1.29 bits per heavy atom. The van der Waals surface area contributed by atoms with E-state index in [4.69, 9.17) is 0 Å². The van der Waals surface area contributed by atoms with Crippen molar-refractivity contribution in [2.45, 2.75) is 32.7 Å². The molecule has 28 heavy (non-hydrogen) atoms. The van der Waals surface area contributed by atoms with Gasteiger partial charge in [-0.1, -0.05) is 12.1 Å². The van der Waals surface area contributed by atoms with E-state index in [-0.39, 0.29) is 11.8 Å². The van der Waals surface area contributed by atoms with Crippen molar-refractivity contribution in [2.75, 3.05) is 19.6 Å². The van der Waals surface area contributed by atoms with Crippen molar-refractivity contribution >= 4 is 22.8 Å². The zero-order valence-corrected chi connectivity index (χ0v) is 15.9. The molecule has 146 valence electrons. The quantitative estimate of drug-likeness (QED) is 0.682. The molecule has 8 nitrogen and oxygen atoms in total. The number of rotatable bonds is 6. The predicted molar refractivity (Wildman–Crippen MR) is 105 cm³/mol. The van der Waals surface area contributed by atoms with Crippen LogP contribution in [0.1, 0.15) is 41.3 Å². The van der Waals surface area contributed by atoms with Gasteiger partial charge in [0.1, 0.15) is 11.5 Å². The number of hydrogen-bond donors (Lipinski definition) is 2. The second-order valence-corrected chi connectivity index (χ2v) is 7.11. The zero-order chi connectivity index (χ0) is 19.5. The highest BCUT2D eigenvalue weighted by Crippen LogP contribution is 2.17. The lowest BCUT2D eigenvalue weighted by Gasteiger charge is -2.26. The molecule has 0 aliphatic carbocycles. The predicted octanol–water partition coefficient (Wildman–Crippen LogP) is 1.86. The Morgan fingerprint density at radius 3 is 3.00 bits per heavy atom. The average molecular weight is 380 g/mol. The largest absolute Gasteiger partial charge is 0.349 e. The van der Waals surface area contributed by atoms with Crippen molar-refractivity contribution < 1.29 is 9.59 Å². The number of carbonyl (C=O) groups is 2. The van der Waals surface area contributed by atoms with Gasteiger partial charge in [-0.15, -0.1) is 0 Å². The first-order valence-electron chi connectivity index (χ1n) is 9.64. The highest BCUT2D eigenvalue weighted by atomic mass is 16.2. The molecule has 1 aromatic carbocycles. The zero-order valence-electron chi connectivity index (χ0n) is 15.9. The highest BCUT2D eigenvalue weighted by Gasteiger charge is 2.18. The fourth-order valence-electron chi connectivity index (χ4n) is 3.62. The van der Waals surface area contributed by atoms with Crippen molar-refractivity contribution in [3.05, 3.63) is 47.5 Å². The van der Waals surface area contributed by atoms with Crippen LogP contribution in [0.15, 0.2) is 30.3 Å². The normalized spacial score (nSPS) is 14.6. The Kier molecular flexibility index (Phi) is 5.10. The van der Waals surface area contributed by atoms with Gasteiger partial charge in [0.05, 0.1) is 23.3 Å². The fourth-order valence-corrected chi connectivity index (χ4v) is 3.62. The summed E-state index contributed by atoms with van der Waals surface area (Å²) in [6.07, 6.45) is 2.60. The molecule has 0 radical (unpaired) electrons. The van der Waals surface area contributed by atoms with Crippen LogP contribution in [0.25, 0.3) is 11.0 Å². The topological polar surface area (TPSA) is 95.9 Å². The average Bonchev–Trinajstić information content (AvgIpc) is 3.28. The van der Waals surface area contributed by atoms with E-state index < -0.39 is 0 Å². The first kappa shape index (κ1) is 18.2. The standard InChI is InChI=1S/C20H24N6O2/c1-14-22-16-6-2-3-7-18(16)26(14)13-15-12-17(24-23-15)20(28)21-9-11-25-10-5-4-8-19(25)27/h2-3,6-7,12H,4-5,8-11,13H2,1H3,(H,21,28)(H,23,24). The maximum Gasteiger partial charge on any atom is 0.271 e. The number of para-hydroxylation sites is 2. The molecule has 8 heteroatoms. The van der Waals surface area contributed by atoms with Crippen molar-refractivity contribution in [2.24, 2.45) is 0 Å². The highest BCUT2D eigenvalue weighted by molar-refractivity contribution is 5.92. The molecule has 0 bridgehead atoms. The molecule has 2 amide bonds. The number of amides is 2. The number of imidazole rings is 1. The third-order valence-electron chi connectivity index (χ3n) is 5.13. The summed E-state index contributed by atoms with van der Waals surface area (Å²) in [4.78, 5) is 30.5. The Hall–Kier alpha value is -3.16. The lowest BCUT2D eigenvalue weighted by atomic mass is 10.1. The van der Waals surface area contributed by atoms with Crippen LogP contribution in [0.4, 0.5) is 0 Å². The lowest BCUT2D eigenvalue weighted by Crippen LogP contribution is -2.41. The number of nitrogens with one attached hydrogen (secondary N) is 2. The summed E-state index contributed by atoms with van der Waals surface area (Å²) in [5.74, 6) is 0.845. The number of nitrogens with zero attached hydrogens (tertiary/aromatic N) is 4. The second kappa shape index (κ2) is 7.84. The molecule has 0 atom stereocenters. The van der Waals surface area contributed by atoms with E-state index in [0.29, 0.717) is 31.7 Å². The van der Waals surface area contributed by atoms with Gasteiger partial charge in [0.2, 0.25) is 5.91 Å². The summed E-state index contributed by atoms with van der Waals surface area (Å²) >= 11 is 0. The number of hydrogen-bond acceptors (Lipinski definition) is 4. The minimum absolute atomic E-state index is 0.172. The molecule has 1 aliphatic heterocycles. The Balaban J connectivity index is 1.36. The molecular formula is C20H24N6O2. The van der Waals surface area contributed by atoms with Gasteiger partial charge >= 0.3 is 0 Å². The number of aromatic nitrogens is 4. The minimum Gasteiger partial charge on any atom is -0.349 e. The van der Waals surface area contributed by atoms with Crippen LogP contribution in [0.5, 0.6) is 0 Å². The molecular weight excluding hydrogens is 356 g/mol. The molecule has 0 spiro atoms. The maximum atomic E-state index is 12.3. The van der Waals surface area contributed by atoms with Crippen LogP contribution in [0, 0.1) is 6.92 Å². The second-order valence-electron chi connectivity index (χ2n) is 7.11. The van der Waals surface area contributed by atoms with Crippen molar-refractivity contribution in [3.63, 3.8) is 0 Å². The minimum atomic E-state index is -0.237. The van der Waals surface area contributed by atoms with E-state index in [1.807, 2.05) is 36.1 Å². The number of aromatic amines is 1. The number of likely N-dealkylation sites (tertiary alicyclic amines) is 1. The summed E-state index contributed by atoms with van der Waals surface area (Å²) in [6.45, 7) is 4.28. The van der Waals surface area contributed by atoms with Crippen LogP contribution in [0.3, 0.4) is 0 Å². The SMILES string of the molecule is Cc1nc2ccccc2n1Cc1cc(C(=O)NCCN2CCCCC2=O)n[nH]1. The van der Waals surface area contributed by atoms with Gasteiger partial charge in [0.15, 0.2) is 0 Å². The van der Waals surface area contributed by atoms with E-state index in [9.17, 15) is 9.59 Å². The molecule has 3 heterocycles.